The zero-order valence-electron chi connectivity index (χ0n) is 15.5. The van der Waals surface area contributed by atoms with Gasteiger partial charge in [-0.15, -0.1) is 0 Å². The number of oxime groups is 1. The van der Waals surface area contributed by atoms with E-state index >= 15 is 0 Å². The van der Waals surface area contributed by atoms with Crippen LogP contribution in [0.25, 0.3) is 0 Å². The first-order chi connectivity index (χ1) is 13.4. The molecule has 0 radical (unpaired) electrons. The molecule has 7 heteroatoms. The minimum atomic E-state index is -3.28. The van der Waals surface area contributed by atoms with E-state index in [1.54, 1.807) is 30.3 Å². The molecule has 146 valence electrons. The minimum absolute atomic E-state index is 0.393. The number of aryl methyl sites for hydroxylation is 1. The van der Waals surface area contributed by atoms with Gasteiger partial charge in [0.15, 0.2) is 0 Å². The fourth-order valence-electron chi connectivity index (χ4n) is 2.69. The van der Waals surface area contributed by atoms with Gasteiger partial charge in [0.2, 0.25) is 0 Å². The van der Waals surface area contributed by atoms with Gasteiger partial charge in [0.1, 0.15) is 12.8 Å². The number of hydrogen-bond acceptors (Lipinski definition) is 5. The first kappa shape index (κ1) is 20.2. The fourth-order valence-corrected chi connectivity index (χ4v) is 3.98. The molecule has 0 saturated heterocycles. The van der Waals surface area contributed by atoms with Gasteiger partial charge in [-0.2, -0.15) is 0 Å². The molecule has 0 bridgehead atoms. The largest absolute Gasteiger partial charge is 0.399 e. The van der Waals surface area contributed by atoms with Crippen LogP contribution in [0.5, 0.6) is 0 Å². The first-order valence-corrected chi connectivity index (χ1v) is 10.4. The van der Waals surface area contributed by atoms with Crippen LogP contribution in [0.1, 0.15) is 16.7 Å². The Kier molecular flexibility index (Phi) is 6.26. The lowest BCUT2D eigenvalue weighted by Crippen LogP contribution is -2.14. The van der Waals surface area contributed by atoms with Crippen LogP contribution < -0.4 is 4.72 Å². The average molecular weight is 417 g/mol. The smallest absolute Gasteiger partial charge is 0.119 e. The topological polar surface area (TPSA) is 74.1 Å². The highest BCUT2D eigenvalue weighted by Crippen LogP contribution is 2.48. The lowest BCUT2D eigenvalue weighted by molar-refractivity contribution is 0.214. The molecule has 0 saturated carbocycles. The molecule has 0 unspecified atom stereocenters. The molecule has 28 heavy (non-hydrogen) atoms. The predicted octanol–water partition coefficient (Wildman–Crippen LogP) is 6.18. The Morgan fingerprint density at radius 1 is 1.00 bits per heavy atom. The molecule has 0 amide bonds. The highest BCUT2D eigenvalue weighted by Gasteiger charge is 2.20. The Morgan fingerprint density at radius 3 is 2.32 bits per heavy atom. The normalized spacial score (nSPS) is 12.5. The van der Waals surface area contributed by atoms with Crippen molar-refractivity contribution in [1.82, 2.24) is 0 Å². The molecule has 3 rings (SSSR count). The molecule has 5 nitrogen and oxygen atoms in total. The average Bonchev–Trinajstić information content (AvgIpc) is 2.68. The van der Waals surface area contributed by atoms with Crippen molar-refractivity contribution < 1.29 is 13.9 Å². The lowest BCUT2D eigenvalue weighted by Gasteiger charge is -2.34. The Bertz CT molecular complexity index is 977. The van der Waals surface area contributed by atoms with Crippen LogP contribution in [-0.4, -0.2) is 21.9 Å². The second kappa shape index (κ2) is 8.67. The van der Waals surface area contributed by atoms with E-state index in [0.29, 0.717) is 26.9 Å². The zero-order valence-corrected chi connectivity index (χ0v) is 17.0. The fraction of sp³-hybridized carbons (Fsp3) is 0.0952. The molecule has 0 aliphatic rings. The number of hydrogen-bond donors (Lipinski definition) is 3. The summed E-state index contributed by atoms with van der Waals surface area (Å²) < 4.78 is 24.3. The van der Waals surface area contributed by atoms with Crippen molar-refractivity contribution in [3.63, 3.8) is 0 Å². The van der Waals surface area contributed by atoms with Crippen molar-refractivity contribution in [3.8, 4) is 0 Å². The molecule has 0 spiro atoms. The second-order valence-corrected chi connectivity index (χ2v) is 8.35. The molecule has 3 aromatic carbocycles. The molecule has 0 aliphatic carbocycles. The summed E-state index contributed by atoms with van der Waals surface area (Å²) in [7, 11) is -1.83. The maximum atomic E-state index is 10.7. The van der Waals surface area contributed by atoms with Crippen molar-refractivity contribution in [2.75, 3.05) is 11.8 Å². The minimum Gasteiger partial charge on any atom is -0.399 e. The van der Waals surface area contributed by atoms with Gasteiger partial charge in [0.05, 0.1) is 10.6 Å². The summed E-state index contributed by atoms with van der Waals surface area (Å²) in [6, 6.07) is 21.6. The maximum Gasteiger partial charge on any atom is 0.119 e. The van der Waals surface area contributed by atoms with Crippen LogP contribution in [0, 0.1) is 6.92 Å². The van der Waals surface area contributed by atoms with E-state index in [1.165, 1.54) is 7.11 Å². The third kappa shape index (κ3) is 4.66. The third-order valence-corrected chi connectivity index (χ3v) is 5.74. The lowest BCUT2D eigenvalue weighted by atomic mass is 10.0. The van der Waals surface area contributed by atoms with E-state index in [2.05, 4.69) is 9.88 Å². The number of nitrogens with one attached hydrogen (secondary N) is 1. The van der Waals surface area contributed by atoms with Gasteiger partial charge in [-0.3, -0.25) is 13.8 Å². The SMILES string of the molecule is CON=C(c1ccccc1)c1cc(Cl)ccc1NS(O)(O)c1ccc(C)cc1. The quantitative estimate of drug-likeness (QED) is 0.331. The highest BCUT2D eigenvalue weighted by molar-refractivity contribution is 8.25. The van der Waals surface area contributed by atoms with Gasteiger partial charge < -0.3 is 4.84 Å². The van der Waals surface area contributed by atoms with Crippen molar-refractivity contribution in [2.24, 2.45) is 5.16 Å². The van der Waals surface area contributed by atoms with Gasteiger partial charge >= 0.3 is 0 Å². The van der Waals surface area contributed by atoms with E-state index in [1.807, 2.05) is 49.4 Å². The molecule has 0 heterocycles. The summed E-state index contributed by atoms with van der Waals surface area (Å²) in [6.07, 6.45) is 0. The standard InChI is InChI=1S/C21H21ClN2O3S/c1-15-8-11-18(12-9-15)28(25,26)24-20-13-10-17(22)14-19(20)21(23-27-2)16-6-4-3-5-7-16/h3-14,24-26H,1-2H3. The van der Waals surface area contributed by atoms with Crippen LogP contribution in [0.4, 0.5) is 5.69 Å². The molecule has 3 aromatic rings. The molecule has 0 fully saturated rings. The van der Waals surface area contributed by atoms with E-state index in [4.69, 9.17) is 16.4 Å². The second-order valence-electron chi connectivity index (χ2n) is 6.14. The molecular weight excluding hydrogens is 396 g/mol. The molecule has 0 aliphatic heterocycles. The van der Waals surface area contributed by atoms with E-state index in [-0.39, 0.29) is 0 Å². The van der Waals surface area contributed by atoms with Crippen LogP contribution >= 0.6 is 22.4 Å². The summed E-state index contributed by atoms with van der Waals surface area (Å²) in [5, 5.41) is 4.64. The van der Waals surface area contributed by atoms with Crippen LogP contribution in [0.15, 0.2) is 82.8 Å². The summed E-state index contributed by atoms with van der Waals surface area (Å²) >= 11 is 6.21. The summed E-state index contributed by atoms with van der Waals surface area (Å²) in [5.74, 6) is 0. The van der Waals surface area contributed by atoms with Crippen LogP contribution in [0.2, 0.25) is 5.02 Å². The summed E-state index contributed by atoms with van der Waals surface area (Å²) in [6.45, 7) is 1.94. The highest BCUT2D eigenvalue weighted by atomic mass is 35.5. The molecule has 0 aromatic heterocycles. The number of rotatable bonds is 6. The van der Waals surface area contributed by atoms with Crippen molar-refractivity contribution >= 4 is 33.8 Å². The van der Waals surface area contributed by atoms with Crippen molar-refractivity contribution in [3.05, 3.63) is 94.5 Å². The number of anilines is 1. The third-order valence-electron chi connectivity index (χ3n) is 4.07. The van der Waals surface area contributed by atoms with Gasteiger partial charge in [-0.25, -0.2) is 0 Å². The van der Waals surface area contributed by atoms with Gasteiger partial charge in [-0.05, 0) is 37.3 Å². The maximum absolute atomic E-state index is 10.7. The van der Waals surface area contributed by atoms with Gasteiger partial charge in [0.25, 0.3) is 0 Å². The number of benzene rings is 3. The van der Waals surface area contributed by atoms with Gasteiger partial charge in [-0.1, -0.05) is 75.6 Å². The Hall–Kier alpha value is -2.51. The van der Waals surface area contributed by atoms with Crippen molar-refractivity contribution in [1.29, 1.82) is 0 Å². The molecule has 0 atom stereocenters. The van der Waals surface area contributed by atoms with Gasteiger partial charge in [0, 0.05) is 16.1 Å². The van der Waals surface area contributed by atoms with Crippen molar-refractivity contribution in [2.45, 2.75) is 11.8 Å². The Balaban J connectivity index is 2.05. The number of nitrogens with zero attached hydrogens (tertiary/aromatic N) is 1. The summed E-state index contributed by atoms with van der Waals surface area (Å²) in [4.78, 5) is 5.43. The first-order valence-electron chi connectivity index (χ1n) is 8.50. The summed E-state index contributed by atoms with van der Waals surface area (Å²) in [5.41, 5.74) is 3.43. The Labute approximate surface area is 171 Å². The Morgan fingerprint density at radius 2 is 1.68 bits per heavy atom. The van der Waals surface area contributed by atoms with E-state index < -0.39 is 10.8 Å². The monoisotopic (exact) mass is 416 g/mol. The predicted molar refractivity (Wildman–Crippen MR) is 116 cm³/mol. The van der Waals surface area contributed by atoms with E-state index in [9.17, 15) is 9.11 Å². The van der Waals surface area contributed by atoms with E-state index in [0.717, 1.165) is 11.1 Å². The van der Waals surface area contributed by atoms with Crippen LogP contribution in [0.3, 0.4) is 0 Å². The molecule has 3 N–H and O–H groups in total. The van der Waals surface area contributed by atoms with Crippen LogP contribution in [-0.2, 0) is 4.84 Å². The molecular formula is C21H21ClN2O3S. The number of halogens is 1. The zero-order chi connectivity index (χ0) is 20.1.